The zero-order valence-electron chi connectivity index (χ0n) is 10.7. The van der Waals surface area contributed by atoms with Gasteiger partial charge in [-0.25, -0.2) is 0 Å². The van der Waals surface area contributed by atoms with E-state index in [0.29, 0.717) is 24.4 Å². The molecular weight excluding hydrogens is 228 g/mol. The summed E-state index contributed by atoms with van der Waals surface area (Å²) in [6.45, 7) is 1.95. The molecule has 6 atom stereocenters. The lowest BCUT2D eigenvalue weighted by molar-refractivity contribution is -0.122. The summed E-state index contributed by atoms with van der Waals surface area (Å²) in [4.78, 5) is 14.2. The minimum absolute atomic E-state index is 0.125. The van der Waals surface area contributed by atoms with Crippen LogP contribution in [0.1, 0.15) is 32.1 Å². The largest absolute Gasteiger partial charge is 0.391 e. The summed E-state index contributed by atoms with van der Waals surface area (Å²) in [5, 5.41) is 13.4. The van der Waals surface area contributed by atoms with E-state index in [1.54, 1.807) is 0 Å². The second-order valence-electron chi connectivity index (χ2n) is 6.68. The number of hydrogen-bond donors (Lipinski definition) is 2. The number of fused-ring (bicyclic) bond motifs is 1. The Hall–Kier alpha value is -0.610. The molecular formula is C14H22N2O2. The van der Waals surface area contributed by atoms with Crippen LogP contribution in [0.4, 0.5) is 0 Å². The Labute approximate surface area is 108 Å². The van der Waals surface area contributed by atoms with Gasteiger partial charge in [0, 0.05) is 31.6 Å². The van der Waals surface area contributed by atoms with Crippen LogP contribution in [-0.4, -0.2) is 47.2 Å². The number of nitrogens with one attached hydrogen (secondary N) is 1. The number of amides is 1. The lowest BCUT2D eigenvalue weighted by atomic mass is 9.88. The first-order valence-corrected chi connectivity index (χ1v) is 7.44. The van der Waals surface area contributed by atoms with E-state index < -0.39 is 0 Å². The van der Waals surface area contributed by atoms with Crippen LogP contribution >= 0.6 is 0 Å². The fraction of sp³-hybridized carbons (Fsp3) is 0.929. The van der Waals surface area contributed by atoms with Crippen molar-refractivity contribution in [3.63, 3.8) is 0 Å². The van der Waals surface area contributed by atoms with Crippen molar-refractivity contribution in [2.75, 3.05) is 13.1 Å². The van der Waals surface area contributed by atoms with Crippen molar-refractivity contribution in [2.24, 2.45) is 17.8 Å². The molecule has 2 N–H and O–H groups in total. The first-order valence-electron chi connectivity index (χ1n) is 7.44. The summed E-state index contributed by atoms with van der Waals surface area (Å²) < 4.78 is 0. The summed E-state index contributed by atoms with van der Waals surface area (Å²) in [6, 6.07) is 0.737. The van der Waals surface area contributed by atoms with E-state index in [1.807, 2.05) is 0 Å². The molecule has 2 aliphatic carbocycles. The number of aliphatic hydroxyl groups is 1. The summed E-state index contributed by atoms with van der Waals surface area (Å²) in [6.07, 6.45) is 5.14. The monoisotopic (exact) mass is 250 g/mol. The second kappa shape index (κ2) is 3.94. The molecule has 4 nitrogen and oxygen atoms in total. The topological polar surface area (TPSA) is 52.6 Å². The van der Waals surface area contributed by atoms with Crippen LogP contribution in [0.2, 0.25) is 0 Å². The zero-order valence-corrected chi connectivity index (χ0v) is 10.7. The van der Waals surface area contributed by atoms with Gasteiger partial charge >= 0.3 is 0 Å². The van der Waals surface area contributed by atoms with Crippen LogP contribution < -0.4 is 5.32 Å². The second-order valence-corrected chi connectivity index (χ2v) is 6.68. The predicted octanol–water partition coefficient (Wildman–Crippen LogP) is 0.356. The first-order chi connectivity index (χ1) is 8.74. The molecule has 6 unspecified atom stereocenters. The summed E-state index contributed by atoms with van der Waals surface area (Å²) in [7, 11) is 0. The molecule has 0 aromatic carbocycles. The van der Waals surface area contributed by atoms with Gasteiger partial charge in [-0.05, 0) is 43.4 Å². The molecule has 4 fully saturated rings. The lowest BCUT2D eigenvalue weighted by Crippen LogP contribution is -2.46. The van der Waals surface area contributed by atoms with E-state index in [4.69, 9.17) is 0 Å². The van der Waals surface area contributed by atoms with E-state index in [0.717, 1.165) is 37.8 Å². The van der Waals surface area contributed by atoms with E-state index >= 15 is 0 Å². The molecule has 2 aliphatic heterocycles. The minimum Gasteiger partial charge on any atom is -0.391 e. The molecule has 1 amide bonds. The first kappa shape index (κ1) is 11.2. The quantitative estimate of drug-likeness (QED) is 0.706. The van der Waals surface area contributed by atoms with Gasteiger partial charge in [0.2, 0.25) is 5.91 Å². The number of aliphatic hydroxyl groups excluding tert-OH is 1. The Kier molecular flexibility index (Phi) is 2.46. The molecule has 2 heterocycles. The molecule has 2 bridgehead atoms. The maximum absolute atomic E-state index is 11.7. The molecule has 0 spiro atoms. The summed E-state index contributed by atoms with van der Waals surface area (Å²) in [5.41, 5.74) is 0. The van der Waals surface area contributed by atoms with Crippen molar-refractivity contribution in [2.45, 2.75) is 50.3 Å². The van der Waals surface area contributed by atoms with Gasteiger partial charge in [0.1, 0.15) is 0 Å². The van der Waals surface area contributed by atoms with Gasteiger partial charge in [-0.3, -0.25) is 9.69 Å². The Balaban J connectivity index is 1.56. The van der Waals surface area contributed by atoms with Gasteiger partial charge in [0.25, 0.3) is 0 Å². The van der Waals surface area contributed by atoms with Crippen molar-refractivity contribution in [3.8, 4) is 0 Å². The van der Waals surface area contributed by atoms with Crippen LogP contribution in [-0.2, 0) is 4.79 Å². The Morgan fingerprint density at radius 1 is 1.28 bits per heavy atom. The minimum atomic E-state index is -0.125. The average Bonchev–Trinajstić information content (AvgIpc) is 2.88. The third-order valence-electron chi connectivity index (χ3n) is 5.81. The third kappa shape index (κ3) is 1.48. The lowest BCUT2D eigenvalue weighted by Gasteiger charge is -2.34. The van der Waals surface area contributed by atoms with E-state index in [1.165, 1.54) is 12.8 Å². The third-order valence-corrected chi connectivity index (χ3v) is 5.81. The van der Waals surface area contributed by atoms with E-state index in [-0.39, 0.29) is 12.0 Å². The molecule has 18 heavy (non-hydrogen) atoms. The van der Waals surface area contributed by atoms with Crippen LogP contribution in [0, 0.1) is 17.8 Å². The van der Waals surface area contributed by atoms with Gasteiger partial charge in [0.15, 0.2) is 0 Å². The molecule has 4 rings (SSSR count). The fourth-order valence-corrected chi connectivity index (χ4v) is 5.11. The standard InChI is InChI=1S/C14H22N2O2/c17-12-6-10(2-1-3-15-12)16-7-9-4-8-5-11(9)13(16)14(8)18/h8-11,13-14,18H,1-7H2,(H,15,17). The van der Waals surface area contributed by atoms with Gasteiger partial charge in [-0.15, -0.1) is 0 Å². The molecule has 4 aliphatic rings. The van der Waals surface area contributed by atoms with Crippen LogP contribution in [0.3, 0.4) is 0 Å². The van der Waals surface area contributed by atoms with Crippen molar-refractivity contribution in [1.29, 1.82) is 0 Å². The molecule has 0 radical (unpaired) electrons. The Morgan fingerprint density at radius 2 is 2.17 bits per heavy atom. The summed E-state index contributed by atoms with van der Waals surface area (Å²) in [5.74, 6) is 2.27. The number of rotatable bonds is 1. The molecule has 0 aromatic rings. The number of hydrogen-bond acceptors (Lipinski definition) is 3. The zero-order chi connectivity index (χ0) is 12.3. The normalized spacial score (nSPS) is 51.5. The SMILES string of the molecule is O=C1CC(N2CC3CC4CC3C2C4O)CCCN1. The van der Waals surface area contributed by atoms with Gasteiger partial charge in [0.05, 0.1) is 6.10 Å². The Morgan fingerprint density at radius 3 is 3.00 bits per heavy atom. The summed E-state index contributed by atoms with van der Waals surface area (Å²) >= 11 is 0. The molecule has 100 valence electrons. The highest BCUT2D eigenvalue weighted by molar-refractivity contribution is 5.76. The van der Waals surface area contributed by atoms with Crippen molar-refractivity contribution < 1.29 is 9.90 Å². The maximum Gasteiger partial charge on any atom is 0.221 e. The maximum atomic E-state index is 11.7. The average molecular weight is 250 g/mol. The highest BCUT2D eigenvalue weighted by Gasteiger charge is 2.59. The number of nitrogens with zero attached hydrogens (tertiary/aromatic N) is 1. The Bertz CT molecular complexity index is 371. The van der Waals surface area contributed by atoms with Crippen LogP contribution in [0.25, 0.3) is 0 Å². The van der Waals surface area contributed by atoms with Crippen LogP contribution in [0.15, 0.2) is 0 Å². The van der Waals surface area contributed by atoms with E-state index in [2.05, 4.69) is 10.2 Å². The van der Waals surface area contributed by atoms with E-state index in [9.17, 15) is 9.90 Å². The van der Waals surface area contributed by atoms with Gasteiger partial charge in [-0.1, -0.05) is 0 Å². The predicted molar refractivity (Wildman–Crippen MR) is 66.9 cm³/mol. The van der Waals surface area contributed by atoms with Crippen molar-refractivity contribution in [1.82, 2.24) is 10.2 Å². The highest BCUT2D eigenvalue weighted by atomic mass is 16.3. The number of carbonyl (C=O) groups excluding carboxylic acids is 1. The van der Waals surface area contributed by atoms with Gasteiger partial charge in [-0.2, -0.15) is 0 Å². The fourth-order valence-electron chi connectivity index (χ4n) is 5.11. The number of likely N-dealkylation sites (tertiary alicyclic amines) is 1. The molecule has 2 saturated carbocycles. The van der Waals surface area contributed by atoms with Crippen molar-refractivity contribution >= 4 is 5.91 Å². The molecule has 4 heteroatoms. The smallest absolute Gasteiger partial charge is 0.221 e. The van der Waals surface area contributed by atoms with Crippen LogP contribution in [0.5, 0.6) is 0 Å². The molecule has 2 saturated heterocycles. The highest BCUT2D eigenvalue weighted by Crippen LogP contribution is 2.55. The number of carbonyl (C=O) groups is 1. The van der Waals surface area contributed by atoms with Crippen molar-refractivity contribution in [3.05, 3.63) is 0 Å². The molecule has 0 aromatic heterocycles. The van der Waals surface area contributed by atoms with Gasteiger partial charge < -0.3 is 10.4 Å².